The van der Waals surface area contributed by atoms with Gasteiger partial charge in [-0.15, -0.1) is 11.3 Å². The summed E-state index contributed by atoms with van der Waals surface area (Å²) < 4.78 is 0.980. The van der Waals surface area contributed by atoms with E-state index in [9.17, 15) is 4.79 Å². The summed E-state index contributed by atoms with van der Waals surface area (Å²) in [6.07, 6.45) is 0. The second-order valence-electron chi connectivity index (χ2n) is 3.78. The summed E-state index contributed by atoms with van der Waals surface area (Å²) >= 11 is 11.0. The van der Waals surface area contributed by atoms with E-state index in [4.69, 9.17) is 22.4 Å². The molecule has 0 aliphatic heterocycles. The average Bonchev–Trinajstić information content (AvgIpc) is 2.73. The van der Waals surface area contributed by atoms with Gasteiger partial charge in [0.25, 0.3) is 0 Å². The number of carboxylic acid groups (broad SMARTS) is 1. The molecule has 0 unspecified atom stereocenters. The minimum absolute atomic E-state index is 0.0673. The zero-order chi connectivity index (χ0) is 14.0. The van der Waals surface area contributed by atoms with Crippen LogP contribution in [-0.2, 0) is 6.54 Å². The van der Waals surface area contributed by atoms with Crippen molar-refractivity contribution in [2.45, 2.75) is 6.54 Å². The van der Waals surface area contributed by atoms with Crippen LogP contribution in [0.15, 0.2) is 28.1 Å². The van der Waals surface area contributed by atoms with Crippen molar-refractivity contribution in [3.05, 3.63) is 43.5 Å². The maximum atomic E-state index is 11.2. The lowest BCUT2D eigenvalue weighted by atomic mass is 10.1. The van der Waals surface area contributed by atoms with Crippen molar-refractivity contribution in [3.63, 3.8) is 0 Å². The van der Waals surface area contributed by atoms with Gasteiger partial charge in [-0.3, -0.25) is 0 Å². The number of benzene rings is 1. The topological polar surface area (TPSA) is 75.3 Å². The van der Waals surface area contributed by atoms with Crippen molar-refractivity contribution >= 4 is 56.2 Å². The molecule has 1 aromatic carbocycles. The van der Waals surface area contributed by atoms with Gasteiger partial charge >= 0.3 is 5.97 Å². The fourth-order valence-electron chi connectivity index (χ4n) is 1.60. The highest BCUT2D eigenvalue weighted by molar-refractivity contribution is 9.10. The molecule has 0 amide bonds. The number of thiophene rings is 1. The molecule has 100 valence electrons. The van der Waals surface area contributed by atoms with Gasteiger partial charge in [0.15, 0.2) is 0 Å². The number of anilines is 2. The van der Waals surface area contributed by atoms with E-state index in [1.54, 1.807) is 11.3 Å². The summed E-state index contributed by atoms with van der Waals surface area (Å²) in [6, 6.07) is 4.85. The largest absolute Gasteiger partial charge is 0.478 e. The summed E-state index contributed by atoms with van der Waals surface area (Å²) in [7, 11) is 0. The first-order chi connectivity index (χ1) is 8.99. The molecular weight excluding hydrogens is 352 g/mol. The highest BCUT2D eigenvalue weighted by Crippen LogP contribution is 2.31. The van der Waals surface area contributed by atoms with Crippen LogP contribution >= 0.6 is 38.9 Å². The Labute approximate surface area is 127 Å². The highest BCUT2D eigenvalue weighted by Gasteiger charge is 2.15. The van der Waals surface area contributed by atoms with Gasteiger partial charge in [0.1, 0.15) is 0 Å². The number of nitrogens with one attached hydrogen (secondary N) is 1. The molecule has 1 aromatic heterocycles. The molecule has 0 aliphatic carbocycles. The third-order valence-corrected chi connectivity index (χ3v) is 4.68. The number of nitrogens with two attached hydrogens (primary N) is 1. The molecule has 19 heavy (non-hydrogen) atoms. The molecule has 0 aliphatic rings. The van der Waals surface area contributed by atoms with E-state index in [2.05, 4.69) is 21.2 Å². The van der Waals surface area contributed by atoms with Crippen LogP contribution in [0.4, 0.5) is 11.4 Å². The fourth-order valence-corrected chi connectivity index (χ4v) is 3.32. The molecule has 1 heterocycles. The number of aromatic carboxylic acids is 1. The zero-order valence-electron chi connectivity index (χ0n) is 9.61. The Hall–Kier alpha value is -1.24. The van der Waals surface area contributed by atoms with Gasteiger partial charge in [0.2, 0.25) is 0 Å². The van der Waals surface area contributed by atoms with Crippen molar-refractivity contribution in [2.75, 3.05) is 11.1 Å². The van der Waals surface area contributed by atoms with Crippen LogP contribution in [0, 0.1) is 0 Å². The molecule has 0 bridgehead atoms. The Morgan fingerprint density at radius 3 is 2.84 bits per heavy atom. The Morgan fingerprint density at radius 2 is 2.26 bits per heavy atom. The summed E-state index contributed by atoms with van der Waals surface area (Å²) in [5, 5.41) is 14.5. The standard InChI is InChI=1S/C12H10BrClN2O2S/c13-8-1-2-19-10(8)5-16-11-7(12(17)18)3-6(15)4-9(11)14/h1-4,16H,5,15H2,(H,17,18). The third-order valence-electron chi connectivity index (χ3n) is 2.46. The second-order valence-corrected chi connectivity index (χ2v) is 6.04. The Morgan fingerprint density at radius 1 is 1.53 bits per heavy atom. The molecular formula is C12H10BrClN2O2S. The number of carbonyl (C=O) groups is 1. The molecule has 4 N–H and O–H groups in total. The lowest BCUT2D eigenvalue weighted by Gasteiger charge is -2.12. The monoisotopic (exact) mass is 360 g/mol. The van der Waals surface area contributed by atoms with E-state index in [1.807, 2.05) is 11.4 Å². The van der Waals surface area contributed by atoms with Gasteiger partial charge in [-0.25, -0.2) is 4.79 Å². The van der Waals surface area contributed by atoms with Crippen LogP contribution in [-0.4, -0.2) is 11.1 Å². The molecule has 0 saturated heterocycles. The summed E-state index contributed by atoms with van der Waals surface area (Å²) in [5.41, 5.74) is 6.37. The first-order valence-corrected chi connectivity index (χ1v) is 7.32. The van der Waals surface area contributed by atoms with Gasteiger partial charge in [-0.2, -0.15) is 0 Å². The molecule has 0 fully saturated rings. The molecule has 0 radical (unpaired) electrons. The number of nitrogen functional groups attached to an aromatic ring is 1. The van der Waals surface area contributed by atoms with E-state index in [-0.39, 0.29) is 5.56 Å². The van der Waals surface area contributed by atoms with Crippen LogP contribution in [0.25, 0.3) is 0 Å². The summed E-state index contributed by atoms with van der Waals surface area (Å²) in [5.74, 6) is -1.07. The van der Waals surface area contributed by atoms with Crippen LogP contribution in [0.3, 0.4) is 0 Å². The van der Waals surface area contributed by atoms with Crippen LogP contribution in [0.2, 0.25) is 5.02 Å². The summed E-state index contributed by atoms with van der Waals surface area (Å²) in [6.45, 7) is 0.488. The predicted octanol–water partition coefficient (Wildman–Crippen LogP) is 4.06. The van der Waals surface area contributed by atoms with E-state index in [0.29, 0.717) is 22.9 Å². The highest BCUT2D eigenvalue weighted by atomic mass is 79.9. The van der Waals surface area contributed by atoms with Gasteiger partial charge in [-0.05, 0) is 39.5 Å². The summed E-state index contributed by atoms with van der Waals surface area (Å²) in [4.78, 5) is 12.3. The molecule has 0 saturated carbocycles. The van der Waals surface area contributed by atoms with Crippen molar-refractivity contribution in [1.82, 2.24) is 0 Å². The zero-order valence-corrected chi connectivity index (χ0v) is 12.8. The van der Waals surface area contributed by atoms with E-state index in [0.717, 1.165) is 9.35 Å². The number of halogens is 2. The van der Waals surface area contributed by atoms with Crippen molar-refractivity contribution in [1.29, 1.82) is 0 Å². The molecule has 0 spiro atoms. The first kappa shape index (κ1) is 14.2. The SMILES string of the molecule is Nc1cc(Cl)c(NCc2sccc2Br)c(C(=O)O)c1. The maximum absolute atomic E-state index is 11.2. The van der Waals surface area contributed by atoms with Gasteiger partial charge in [0.05, 0.1) is 22.8 Å². The number of hydrogen-bond donors (Lipinski definition) is 3. The van der Waals surface area contributed by atoms with Crippen molar-refractivity contribution < 1.29 is 9.90 Å². The average molecular weight is 362 g/mol. The quantitative estimate of drug-likeness (QED) is 0.718. The lowest BCUT2D eigenvalue weighted by molar-refractivity contribution is 0.0698. The molecule has 0 atom stereocenters. The first-order valence-electron chi connectivity index (χ1n) is 5.27. The molecule has 2 rings (SSSR count). The Bertz CT molecular complexity index is 630. The minimum atomic E-state index is -1.07. The lowest BCUT2D eigenvalue weighted by Crippen LogP contribution is -2.07. The van der Waals surface area contributed by atoms with Crippen molar-refractivity contribution in [2.24, 2.45) is 0 Å². The predicted molar refractivity (Wildman–Crippen MR) is 82.2 cm³/mol. The van der Waals surface area contributed by atoms with Gasteiger partial charge < -0.3 is 16.2 Å². The second kappa shape index (κ2) is 5.81. The molecule has 4 nitrogen and oxygen atoms in total. The minimum Gasteiger partial charge on any atom is -0.478 e. The Balaban J connectivity index is 2.29. The van der Waals surface area contributed by atoms with Crippen molar-refractivity contribution in [3.8, 4) is 0 Å². The normalized spacial score (nSPS) is 10.4. The number of rotatable bonds is 4. The molecule has 7 heteroatoms. The Kier molecular flexibility index (Phi) is 4.34. The van der Waals surface area contributed by atoms with Crippen LogP contribution in [0.1, 0.15) is 15.2 Å². The third kappa shape index (κ3) is 3.20. The van der Waals surface area contributed by atoms with E-state index < -0.39 is 5.97 Å². The van der Waals surface area contributed by atoms with Gasteiger partial charge in [0, 0.05) is 15.0 Å². The van der Waals surface area contributed by atoms with Crippen LogP contribution in [0.5, 0.6) is 0 Å². The maximum Gasteiger partial charge on any atom is 0.337 e. The van der Waals surface area contributed by atoms with E-state index in [1.165, 1.54) is 12.1 Å². The molecule has 2 aromatic rings. The number of hydrogen-bond acceptors (Lipinski definition) is 4. The number of carboxylic acids is 1. The smallest absolute Gasteiger partial charge is 0.337 e. The van der Waals surface area contributed by atoms with Gasteiger partial charge in [-0.1, -0.05) is 11.6 Å². The fraction of sp³-hybridized carbons (Fsp3) is 0.0833. The van der Waals surface area contributed by atoms with Crippen LogP contribution < -0.4 is 11.1 Å². The van der Waals surface area contributed by atoms with E-state index >= 15 is 0 Å².